The Bertz CT molecular complexity index is 608. The smallest absolute Gasteiger partial charge is 0.254 e. The van der Waals surface area contributed by atoms with Crippen LogP contribution >= 0.6 is 0 Å². The van der Waals surface area contributed by atoms with Crippen molar-refractivity contribution in [3.8, 4) is 5.75 Å². The van der Waals surface area contributed by atoms with Crippen LogP contribution in [0.2, 0.25) is 0 Å². The summed E-state index contributed by atoms with van der Waals surface area (Å²) in [4.78, 5) is 14.3. The summed E-state index contributed by atoms with van der Waals surface area (Å²) in [7, 11) is 0. The monoisotopic (exact) mass is 284 g/mol. The third-order valence-corrected chi connectivity index (χ3v) is 3.31. The van der Waals surface area contributed by atoms with Gasteiger partial charge in [0.25, 0.3) is 5.91 Å². The molecule has 0 fully saturated rings. The van der Waals surface area contributed by atoms with Crippen molar-refractivity contribution in [2.45, 2.75) is 19.9 Å². The molecule has 3 N–H and O–H groups in total. The van der Waals surface area contributed by atoms with Gasteiger partial charge in [-0.3, -0.25) is 4.79 Å². The van der Waals surface area contributed by atoms with Gasteiger partial charge in [0, 0.05) is 24.3 Å². The minimum absolute atomic E-state index is 0.0555. The lowest BCUT2D eigenvalue weighted by Crippen LogP contribution is -2.31. The number of nitrogen functional groups attached to an aromatic ring is 1. The van der Waals surface area contributed by atoms with Gasteiger partial charge in [-0.1, -0.05) is 25.1 Å². The second-order valence-corrected chi connectivity index (χ2v) is 4.97. The molecule has 0 aliphatic heterocycles. The number of phenols is 1. The first-order valence-corrected chi connectivity index (χ1v) is 7.03. The Morgan fingerprint density at radius 1 is 1.14 bits per heavy atom. The number of rotatable bonds is 5. The largest absolute Gasteiger partial charge is 0.508 e. The molecule has 0 aliphatic rings. The molecule has 0 unspecified atom stereocenters. The van der Waals surface area contributed by atoms with E-state index < -0.39 is 0 Å². The van der Waals surface area contributed by atoms with E-state index in [1.807, 2.05) is 31.2 Å². The fourth-order valence-corrected chi connectivity index (χ4v) is 2.19. The van der Waals surface area contributed by atoms with Crippen molar-refractivity contribution in [1.29, 1.82) is 0 Å². The van der Waals surface area contributed by atoms with Crippen LogP contribution in [0.4, 0.5) is 5.69 Å². The maximum absolute atomic E-state index is 12.6. The Morgan fingerprint density at radius 2 is 1.81 bits per heavy atom. The molecule has 0 atom stereocenters. The highest BCUT2D eigenvalue weighted by molar-refractivity contribution is 5.94. The molecule has 0 aromatic heterocycles. The summed E-state index contributed by atoms with van der Waals surface area (Å²) in [6.45, 7) is 3.18. The number of nitrogens with two attached hydrogens (primary N) is 1. The number of carbonyl (C=O) groups is 1. The molecule has 21 heavy (non-hydrogen) atoms. The highest BCUT2D eigenvalue weighted by Crippen LogP contribution is 2.17. The number of carbonyl (C=O) groups excluding carboxylic acids is 1. The summed E-state index contributed by atoms with van der Waals surface area (Å²) >= 11 is 0. The van der Waals surface area contributed by atoms with Crippen molar-refractivity contribution < 1.29 is 9.90 Å². The van der Waals surface area contributed by atoms with E-state index in [-0.39, 0.29) is 11.7 Å². The normalized spacial score (nSPS) is 10.3. The van der Waals surface area contributed by atoms with Crippen LogP contribution in [-0.2, 0) is 6.54 Å². The van der Waals surface area contributed by atoms with Crippen LogP contribution in [0.25, 0.3) is 0 Å². The van der Waals surface area contributed by atoms with Gasteiger partial charge in [-0.2, -0.15) is 0 Å². The quantitative estimate of drug-likeness (QED) is 0.829. The predicted molar refractivity (Wildman–Crippen MR) is 84.0 cm³/mol. The zero-order valence-corrected chi connectivity index (χ0v) is 12.1. The SMILES string of the molecule is CCCN(Cc1ccccc1N)C(=O)c1ccc(O)cc1. The zero-order valence-electron chi connectivity index (χ0n) is 12.1. The van der Waals surface area contributed by atoms with E-state index in [4.69, 9.17) is 5.73 Å². The Balaban J connectivity index is 2.20. The van der Waals surface area contributed by atoms with Crippen molar-refractivity contribution in [2.24, 2.45) is 0 Å². The van der Waals surface area contributed by atoms with Gasteiger partial charge in [-0.25, -0.2) is 0 Å². The number of hydrogen-bond donors (Lipinski definition) is 2. The summed E-state index contributed by atoms with van der Waals surface area (Å²) < 4.78 is 0. The van der Waals surface area contributed by atoms with Gasteiger partial charge >= 0.3 is 0 Å². The van der Waals surface area contributed by atoms with Gasteiger partial charge in [0.2, 0.25) is 0 Å². The number of nitrogens with zero attached hydrogens (tertiary/aromatic N) is 1. The molecule has 2 rings (SSSR count). The van der Waals surface area contributed by atoms with E-state index in [1.165, 1.54) is 12.1 Å². The van der Waals surface area contributed by atoms with Crippen LogP contribution in [0, 0.1) is 0 Å². The third kappa shape index (κ3) is 3.75. The average molecular weight is 284 g/mol. The summed E-state index contributed by atoms with van der Waals surface area (Å²) in [6.07, 6.45) is 0.872. The average Bonchev–Trinajstić information content (AvgIpc) is 2.49. The number of hydrogen-bond acceptors (Lipinski definition) is 3. The van der Waals surface area contributed by atoms with Crippen LogP contribution in [0.15, 0.2) is 48.5 Å². The van der Waals surface area contributed by atoms with Gasteiger partial charge in [0.05, 0.1) is 0 Å². The van der Waals surface area contributed by atoms with Crippen molar-refractivity contribution in [3.63, 3.8) is 0 Å². The third-order valence-electron chi connectivity index (χ3n) is 3.31. The van der Waals surface area contributed by atoms with Crippen LogP contribution in [-0.4, -0.2) is 22.5 Å². The molecule has 0 spiro atoms. The fourth-order valence-electron chi connectivity index (χ4n) is 2.19. The number of aromatic hydroxyl groups is 1. The molecule has 0 saturated carbocycles. The molecule has 1 amide bonds. The maximum atomic E-state index is 12.6. The molecule has 4 nitrogen and oxygen atoms in total. The van der Waals surface area contributed by atoms with Crippen molar-refractivity contribution in [2.75, 3.05) is 12.3 Å². The number of anilines is 1. The van der Waals surface area contributed by atoms with Crippen LogP contribution in [0.1, 0.15) is 29.3 Å². The molecule has 0 heterocycles. The Morgan fingerprint density at radius 3 is 2.43 bits per heavy atom. The molecular weight excluding hydrogens is 264 g/mol. The molecular formula is C17H20N2O2. The standard InChI is InChI=1S/C17H20N2O2/c1-2-11-19(12-14-5-3-4-6-16(14)18)17(21)13-7-9-15(20)10-8-13/h3-10,20H,2,11-12,18H2,1H3. The van der Waals surface area contributed by atoms with E-state index in [0.29, 0.717) is 24.3 Å². The first-order valence-electron chi connectivity index (χ1n) is 7.03. The van der Waals surface area contributed by atoms with E-state index in [0.717, 1.165) is 12.0 Å². The van der Waals surface area contributed by atoms with E-state index in [9.17, 15) is 9.90 Å². The van der Waals surface area contributed by atoms with Crippen LogP contribution < -0.4 is 5.73 Å². The minimum atomic E-state index is -0.0555. The summed E-state index contributed by atoms with van der Waals surface area (Å²) in [5.41, 5.74) is 8.15. The van der Waals surface area contributed by atoms with Gasteiger partial charge in [-0.05, 0) is 42.3 Å². The van der Waals surface area contributed by atoms with E-state index in [2.05, 4.69) is 0 Å². The topological polar surface area (TPSA) is 66.6 Å². The predicted octanol–water partition coefficient (Wildman–Crippen LogP) is 3.03. The Labute approximate surface area is 124 Å². The van der Waals surface area contributed by atoms with Gasteiger partial charge in [-0.15, -0.1) is 0 Å². The number of benzene rings is 2. The molecule has 0 radical (unpaired) electrons. The van der Waals surface area contributed by atoms with Crippen molar-refractivity contribution >= 4 is 11.6 Å². The molecule has 110 valence electrons. The lowest BCUT2D eigenvalue weighted by atomic mass is 10.1. The Hall–Kier alpha value is -2.49. The molecule has 4 heteroatoms. The summed E-state index contributed by atoms with van der Waals surface area (Å²) in [5, 5.41) is 9.31. The van der Waals surface area contributed by atoms with Crippen molar-refractivity contribution in [3.05, 3.63) is 59.7 Å². The second-order valence-electron chi connectivity index (χ2n) is 4.97. The number of amides is 1. The number of para-hydroxylation sites is 1. The minimum Gasteiger partial charge on any atom is -0.508 e. The van der Waals surface area contributed by atoms with Crippen LogP contribution in [0.5, 0.6) is 5.75 Å². The fraction of sp³-hybridized carbons (Fsp3) is 0.235. The molecule has 0 bridgehead atoms. The van der Waals surface area contributed by atoms with E-state index in [1.54, 1.807) is 17.0 Å². The second kappa shape index (κ2) is 6.79. The van der Waals surface area contributed by atoms with E-state index >= 15 is 0 Å². The van der Waals surface area contributed by atoms with Gasteiger partial charge in [0.15, 0.2) is 0 Å². The molecule has 0 aliphatic carbocycles. The lowest BCUT2D eigenvalue weighted by molar-refractivity contribution is 0.0743. The first-order chi connectivity index (χ1) is 10.1. The molecule has 2 aromatic rings. The Kier molecular flexibility index (Phi) is 4.82. The first kappa shape index (κ1) is 14.9. The van der Waals surface area contributed by atoms with Gasteiger partial charge in [0.1, 0.15) is 5.75 Å². The molecule has 2 aromatic carbocycles. The van der Waals surface area contributed by atoms with Gasteiger partial charge < -0.3 is 15.7 Å². The summed E-state index contributed by atoms with van der Waals surface area (Å²) in [6, 6.07) is 13.9. The number of phenolic OH excluding ortho intramolecular Hbond substituents is 1. The highest BCUT2D eigenvalue weighted by Gasteiger charge is 2.16. The van der Waals surface area contributed by atoms with Crippen molar-refractivity contribution in [1.82, 2.24) is 4.90 Å². The lowest BCUT2D eigenvalue weighted by Gasteiger charge is -2.23. The zero-order chi connectivity index (χ0) is 15.2. The maximum Gasteiger partial charge on any atom is 0.254 e. The highest BCUT2D eigenvalue weighted by atomic mass is 16.3. The van der Waals surface area contributed by atoms with Crippen LogP contribution in [0.3, 0.4) is 0 Å². The molecule has 0 saturated heterocycles. The summed E-state index contributed by atoms with van der Waals surface area (Å²) in [5.74, 6) is 0.0981.